The molecule has 0 unspecified atom stereocenters. The van der Waals surface area contributed by atoms with Crippen molar-refractivity contribution in [3.8, 4) is 5.75 Å². The molecular formula is C20H24N2O5S. The fourth-order valence-corrected chi connectivity index (χ4v) is 3.15. The van der Waals surface area contributed by atoms with Crippen molar-refractivity contribution in [1.29, 1.82) is 0 Å². The van der Waals surface area contributed by atoms with Crippen LogP contribution >= 0.6 is 0 Å². The molecule has 28 heavy (non-hydrogen) atoms. The normalized spacial score (nSPS) is 11.0. The van der Waals surface area contributed by atoms with E-state index in [1.165, 1.54) is 24.3 Å². The fraction of sp³-hybridized carbons (Fsp3) is 0.300. The molecule has 2 amide bonds. The summed E-state index contributed by atoms with van der Waals surface area (Å²) in [6.07, 6.45) is 1.12. The number of ether oxygens (including phenoxy) is 1. The lowest BCUT2D eigenvalue weighted by atomic mass is 10.2. The zero-order valence-electron chi connectivity index (χ0n) is 16.1. The molecule has 8 heteroatoms. The van der Waals surface area contributed by atoms with Crippen molar-refractivity contribution in [2.24, 2.45) is 0 Å². The van der Waals surface area contributed by atoms with Gasteiger partial charge in [0.25, 0.3) is 11.8 Å². The van der Waals surface area contributed by atoms with Crippen LogP contribution in [-0.2, 0) is 14.6 Å². The largest absolute Gasteiger partial charge is 0.484 e. The third-order valence-electron chi connectivity index (χ3n) is 4.09. The Labute approximate surface area is 165 Å². The minimum Gasteiger partial charge on any atom is -0.484 e. The van der Waals surface area contributed by atoms with Gasteiger partial charge in [0.2, 0.25) is 0 Å². The highest BCUT2D eigenvalue weighted by Crippen LogP contribution is 2.16. The van der Waals surface area contributed by atoms with Gasteiger partial charge >= 0.3 is 0 Å². The van der Waals surface area contributed by atoms with E-state index in [2.05, 4.69) is 5.32 Å². The third kappa shape index (κ3) is 5.82. The predicted molar refractivity (Wildman–Crippen MR) is 107 cm³/mol. The van der Waals surface area contributed by atoms with Gasteiger partial charge in [0.15, 0.2) is 16.4 Å². The Hall–Kier alpha value is -2.87. The molecule has 2 aromatic carbocycles. The van der Waals surface area contributed by atoms with Crippen molar-refractivity contribution < 1.29 is 22.7 Å². The van der Waals surface area contributed by atoms with Gasteiger partial charge in [-0.25, -0.2) is 8.42 Å². The van der Waals surface area contributed by atoms with Crippen LogP contribution in [0.2, 0.25) is 0 Å². The molecule has 0 atom stereocenters. The molecule has 2 aromatic rings. The van der Waals surface area contributed by atoms with Gasteiger partial charge in [-0.1, -0.05) is 0 Å². The summed E-state index contributed by atoms with van der Waals surface area (Å²) in [4.78, 5) is 26.2. The second kappa shape index (κ2) is 9.36. The number of nitrogens with zero attached hydrogens (tertiary/aromatic N) is 1. The molecule has 1 N–H and O–H groups in total. The highest BCUT2D eigenvalue weighted by Gasteiger charge is 2.12. The maximum atomic E-state index is 12.3. The second-order valence-corrected chi connectivity index (χ2v) is 8.15. The van der Waals surface area contributed by atoms with E-state index < -0.39 is 9.84 Å². The van der Waals surface area contributed by atoms with Crippen molar-refractivity contribution in [1.82, 2.24) is 4.90 Å². The molecular weight excluding hydrogens is 380 g/mol. The molecule has 0 spiro atoms. The Morgan fingerprint density at radius 1 is 0.964 bits per heavy atom. The summed E-state index contributed by atoms with van der Waals surface area (Å²) >= 11 is 0. The molecule has 0 aliphatic carbocycles. The van der Waals surface area contributed by atoms with Gasteiger partial charge in [-0.15, -0.1) is 0 Å². The zero-order chi connectivity index (χ0) is 20.7. The van der Waals surface area contributed by atoms with Crippen molar-refractivity contribution in [2.45, 2.75) is 18.7 Å². The molecule has 0 bridgehead atoms. The molecule has 150 valence electrons. The second-order valence-electron chi connectivity index (χ2n) is 6.14. The van der Waals surface area contributed by atoms with Gasteiger partial charge in [0.1, 0.15) is 5.75 Å². The Bertz CT molecular complexity index is 918. The maximum absolute atomic E-state index is 12.3. The van der Waals surface area contributed by atoms with E-state index in [0.717, 1.165) is 6.26 Å². The minimum atomic E-state index is -3.27. The van der Waals surface area contributed by atoms with Crippen LogP contribution in [0.3, 0.4) is 0 Å². The first-order chi connectivity index (χ1) is 13.2. The van der Waals surface area contributed by atoms with Crippen molar-refractivity contribution >= 4 is 27.3 Å². The molecule has 0 saturated heterocycles. The van der Waals surface area contributed by atoms with Crippen LogP contribution in [0.5, 0.6) is 5.75 Å². The molecule has 0 aliphatic rings. The average molecular weight is 404 g/mol. The Balaban J connectivity index is 1.90. The lowest BCUT2D eigenvalue weighted by molar-refractivity contribution is -0.118. The Morgan fingerprint density at radius 2 is 1.54 bits per heavy atom. The summed E-state index contributed by atoms with van der Waals surface area (Å²) < 4.78 is 28.2. The van der Waals surface area contributed by atoms with E-state index >= 15 is 0 Å². The van der Waals surface area contributed by atoms with Crippen molar-refractivity contribution in [3.05, 3.63) is 54.1 Å². The van der Waals surface area contributed by atoms with Crippen LogP contribution in [0.1, 0.15) is 24.2 Å². The van der Waals surface area contributed by atoms with Crippen LogP contribution in [0.4, 0.5) is 5.69 Å². The predicted octanol–water partition coefficient (Wildman–Crippen LogP) is 2.59. The average Bonchev–Trinajstić information content (AvgIpc) is 2.67. The monoisotopic (exact) mass is 404 g/mol. The number of amides is 2. The SMILES string of the molecule is CCN(CC)C(=O)c1ccc(NC(=O)COc2ccc(S(C)(=O)=O)cc2)cc1. The van der Waals surface area contributed by atoms with Gasteiger partial charge in [0, 0.05) is 30.6 Å². The highest BCUT2D eigenvalue weighted by atomic mass is 32.2. The highest BCUT2D eigenvalue weighted by molar-refractivity contribution is 7.90. The van der Waals surface area contributed by atoms with Crippen molar-refractivity contribution in [3.63, 3.8) is 0 Å². The Kier molecular flexibility index (Phi) is 7.17. The molecule has 0 saturated carbocycles. The van der Waals surface area contributed by atoms with Crippen LogP contribution < -0.4 is 10.1 Å². The number of hydrogen-bond acceptors (Lipinski definition) is 5. The molecule has 2 rings (SSSR count). The molecule has 0 fully saturated rings. The number of sulfone groups is 1. The Morgan fingerprint density at radius 3 is 2.04 bits per heavy atom. The van der Waals surface area contributed by atoms with E-state index in [9.17, 15) is 18.0 Å². The standard InChI is InChI=1S/C20H24N2O5S/c1-4-22(5-2)20(24)15-6-8-16(9-7-15)21-19(23)14-27-17-10-12-18(13-11-17)28(3,25)26/h6-13H,4-5,14H2,1-3H3,(H,21,23). The topological polar surface area (TPSA) is 92.8 Å². The number of nitrogens with one attached hydrogen (secondary N) is 1. The van der Waals surface area contributed by atoms with Crippen LogP contribution in [0.15, 0.2) is 53.4 Å². The minimum absolute atomic E-state index is 0.0521. The molecule has 0 aromatic heterocycles. The summed E-state index contributed by atoms with van der Waals surface area (Å²) in [6.45, 7) is 4.89. The van der Waals surface area contributed by atoms with Gasteiger partial charge in [-0.05, 0) is 62.4 Å². The summed E-state index contributed by atoms with van der Waals surface area (Å²) in [5, 5.41) is 2.69. The number of benzene rings is 2. The summed E-state index contributed by atoms with van der Waals surface area (Å²) in [5.41, 5.74) is 1.11. The summed E-state index contributed by atoms with van der Waals surface area (Å²) in [5.74, 6) is -0.0264. The quantitative estimate of drug-likeness (QED) is 0.730. The smallest absolute Gasteiger partial charge is 0.262 e. The number of carbonyl (C=O) groups is 2. The number of anilines is 1. The lowest BCUT2D eigenvalue weighted by Crippen LogP contribution is -2.30. The number of hydrogen-bond donors (Lipinski definition) is 1. The van der Waals surface area contributed by atoms with Crippen LogP contribution in [0.25, 0.3) is 0 Å². The van der Waals surface area contributed by atoms with E-state index in [4.69, 9.17) is 4.74 Å². The molecule has 7 nitrogen and oxygen atoms in total. The first kappa shape index (κ1) is 21.4. The zero-order valence-corrected chi connectivity index (χ0v) is 17.0. The van der Waals surface area contributed by atoms with E-state index in [1.807, 2.05) is 13.8 Å². The maximum Gasteiger partial charge on any atom is 0.262 e. The van der Waals surface area contributed by atoms with Crippen molar-refractivity contribution in [2.75, 3.05) is 31.3 Å². The third-order valence-corrected chi connectivity index (χ3v) is 5.22. The van der Waals surface area contributed by atoms with E-state index in [-0.39, 0.29) is 23.3 Å². The summed E-state index contributed by atoms with van der Waals surface area (Å²) in [6, 6.07) is 12.5. The van der Waals surface area contributed by atoms with E-state index in [0.29, 0.717) is 30.1 Å². The van der Waals surface area contributed by atoms with Gasteiger partial charge in [0.05, 0.1) is 4.90 Å². The van der Waals surface area contributed by atoms with Gasteiger partial charge in [-0.2, -0.15) is 0 Å². The van der Waals surface area contributed by atoms with E-state index in [1.54, 1.807) is 29.2 Å². The fourth-order valence-electron chi connectivity index (χ4n) is 2.52. The number of carbonyl (C=O) groups excluding carboxylic acids is 2. The van der Waals surface area contributed by atoms with Gasteiger partial charge < -0.3 is 15.0 Å². The van der Waals surface area contributed by atoms with Crippen LogP contribution in [-0.4, -0.2) is 51.1 Å². The lowest BCUT2D eigenvalue weighted by Gasteiger charge is -2.18. The first-order valence-electron chi connectivity index (χ1n) is 8.86. The van der Waals surface area contributed by atoms with Crippen LogP contribution in [0, 0.1) is 0 Å². The molecule has 0 heterocycles. The van der Waals surface area contributed by atoms with Gasteiger partial charge in [-0.3, -0.25) is 9.59 Å². The molecule has 0 radical (unpaired) electrons. The molecule has 0 aliphatic heterocycles. The number of rotatable bonds is 8. The first-order valence-corrected chi connectivity index (χ1v) is 10.8. The summed E-state index contributed by atoms with van der Waals surface area (Å²) in [7, 11) is -3.27.